The van der Waals surface area contributed by atoms with E-state index in [1.54, 1.807) is 0 Å². The lowest BCUT2D eigenvalue weighted by Crippen LogP contribution is -2.41. The average molecular weight is 267 g/mol. The molecule has 0 aromatic carbocycles. The number of hydrogen-bond acceptors (Lipinski definition) is 3. The van der Waals surface area contributed by atoms with Crippen LogP contribution < -0.4 is 5.73 Å². The molecule has 2 fully saturated rings. The van der Waals surface area contributed by atoms with Gasteiger partial charge in [-0.2, -0.15) is 0 Å². The maximum absolute atomic E-state index is 12.9. The Hall–Kier alpha value is -0.410. The molecule has 0 spiro atoms. The Bertz CT molecular complexity index is 349. The lowest BCUT2D eigenvalue weighted by molar-refractivity contribution is -0.136. The van der Waals surface area contributed by atoms with E-state index in [-0.39, 0.29) is 23.0 Å². The predicted molar refractivity (Wildman–Crippen MR) is 76.9 cm³/mol. The van der Waals surface area contributed by atoms with Crippen molar-refractivity contribution in [3.63, 3.8) is 0 Å². The first-order chi connectivity index (χ1) is 8.77. The predicted octanol–water partition coefficient (Wildman–Crippen LogP) is 2.91. The van der Waals surface area contributed by atoms with Crippen LogP contribution in [0.25, 0.3) is 0 Å². The largest absolute Gasteiger partial charge is 0.369 e. The summed E-state index contributed by atoms with van der Waals surface area (Å²) in [6.07, 6.45) is 5.37. The highest BCUT2D eigenvalue weighted by Crippen LogP contribution is 2.45. The monoisotopic (exact) mass is 267 g/mol. The topological polar surface area (TPSA) is 52.3 Å². The molecule has 110 valence electrons. The molecule has 0 aromatic heterocycles. The van der Waals surface area contributed by atoms with Gasteiger partial charge in [-0.15, -0.1) is 0 Å². The van der Waals surface area contributed by atoms with Crippen LogP contribution in [-0.4, -0.2) is 23.5 Å². The first-order valence-electron chi connectivity index (χ1n) is 7.71. The maximum atomic E-state index is 12.9. The lowest BCUT2D eigenvalue weighted by Gasteiger charge is -2.34. The van der Waals surface area contributed by atoms with Crippen molar-refractivity contribution in [2.45, 2.75) is 71.0 Å². The van der Waals surface area contributed by atoms with Crippen LogP contribution in [0, 0.1) is 17.8 Å². The molecule has 1 aliphatic carbocycles. The molecule has 3 heteroatoms. The lowest BCUT2D eigenvalue weighted by atomic mass is 9.70. The summed E-state index contributed by atoms with van der Waals surface area (Å²) < 4.78 is 6.08. The summed E-state index contributed by atoms with van der Waals surface area (Å²) in [4.78, 5) is 12.9. The molecule has 0 amide bonds. The fourth-order valence-corrected chi connectivity index (χ4v) is 4.13. The Labute approximate surface area is 117 Å². The van der Waals surface area contributed by atoms with Gasteiger partial charge in [0.05, 0.1) is 11.2 Å². The fraction of sp³-hybridized carbons (Fsp3) is 0.938. The van der Waals surface area contributed by atoms with Crippen LogP contribution >= 0.6 is 0 Å². The molecule has 3 unspecified atom stereocenters. The van der Waals surface area contributed by atoms with Gasteiger partial charge in [0, 0.05) is 11.8 Å². The molecule has 2 aliphatic rings. The summed E-state index contributed by atoms with van der Waals surface area (Å²) >= 11 is 0. The third kappa shape index (κ3) is 3.03. The van der Waals surface area contributed by atoms with Gasteiger partial charge in [-0.05, 0) is 59.4 Å². The number of Topliss-reactive ketones (excluding diaryl/α,β-unsaturated/α-hetero) is 1. The van der Waals surface area contributed by atoms with Crippen LogP contribution in [0.2, 0.25) is 0 Å². The number of ketones is 1. The Kier molecular flexibility index (Phi) is 4.08. The second kappa shape index (κ2) is 5.17. The first-order valence-corrected chi connectivity index (χ1v) is 7.71. The van der Waals surface area contributed by atoms with Crippen LogP contribution in [0.4, 0.5) is 0 Å². The van der Waals surface area contributed by atoms with Gasteiger partial charge in [0.2, 0.25) is 0 Å². The number of carbonyl (C=O) groups excluding carboxylic acids is 1. The molecule has 1 saturated heterocycles. The van der Waals surface area contributed by atoms with Gasteiger partial charge in [-0.3, -0.25) is 4.79 Å². The van der Waals surface area contributed by atoms with E-state index >= 15 is 0 Å². The zero-order valence-electron chi connectivity index (χ0n) is 12.9. The van der Waals surface area contributed by atoms with Gasteiger partial charge >= 0.3 is 0 Å². The summed E-state index contributed by atoms with van der Waals surface area (Å²) in [5.41, 5.74) is 5.35. The van der Waals surface area contributed by atoms with E-state index < -0.39 is 0 Å². The molecule has 1 aliphatic heterocycles. The molecule has 1 heterocycles. The van der Waals surface area contributed by atoms with Crippen molar-refractivity contribution >= 4 is 5.78 Å². The molecule has 2 rings (SSSR count). The van der Waals surface area contributed by atoms with E-state index in [4.69, 9.17) is 10.5 Å². The summed E-state index contributed by atoms with van der Waals surface area (Å²) in [5, 5.41) is 0. The van der Waals surface area contributed by atoms with Crippen LogP contribution in [-0.2, 0) is 9.53 Å². The SMILES string of the molecule is CC1(C)CC(C(=O)C2CCCCC2CN)C(C)(C)O1. The minimum Gasteiger partial charge on any atom is -0.369 e. The van der Waals surface area contributed by atoms with Crippen molar-refractivity contribution in [3.8, 4) is 0 Å². The third-order valence-electron chi connectivity index (χ3n) is 4.99. The van der Waals surface area contributed by atoms with Gasteiger partial charge in [-0.1, -0.05) is 12.8 Å². The van der Waals surface area contributed by atoms with Crippen molar-refractivity contribution in [2.75, 3.05) is 6.54 Å². The Balaban J connectivity index is 2.14. The van der Waals surface area contributed by atoms with E-state index in [1.807, 2.05) is 0 Å². The molecule has 1 saturated carbocycles. The number of rotatable bonds is 3. The number of hydrogen-bond donors (Lipinski definition) is 1. The van der Waals surface area contributed by atoms with Gasteiger partial charge in [-0.25, -0.2) is 0 Å². The summed E-state index contributed by atoms with van der Waals surface area (Å²) in [6.45, 7) is 8.94. The van der Waals surface area contributed by atoms with E-state index in [0.29, 0.717) is 18.2 Å². The second-order valence-corrected chi connectivity index (χ2v) is 7.51. The van der Waals surface area contributed by atoms with Gasteiger partial charge in [0.25, 0.3) is 0 Å². The summed E-state index contributed by atoms with van der Waals surface area (Å²) in [7, 11) is 0. The first kappa shape index (κ1) is 15.0. The highest BCUT2D eigenvalue weighted by atomic mass is 16.5. The summed E-state index contributed by atoms with van der Waals surface area (Å²) in [6, 6.07) is 0. The molecule has 0 radical (unpaired) electrons. The summed E-state index contributed by atoms with van der Waals surface area (Å²) in [5.74, 6) is 0.992. The third-order valence-corrected chi connectivity index (χ3v) is 4.99. The van der Waals surface area contributed by atoms with Crippen LogP contribution in [0.5, 0.6) is 0 Å². The Morgan fingerprint density at radius 1 is 1.21 bits per heavy atom. The second-order valence-electron chi connectivity index (χ2n) is 7.51. The van der Waals surface area contributed by atoms with Crippen molar-refractivity contribution in [1.29, 1.82) is 0 Å². The minimum absolute atomic E-state index is 0.0275. The van der Waals surface area contributed by atoms with Gasteiger partial charge in [0.15, 0.2) is 0 Å². The van der Waals surface area contributed by atoms with Crippen molar-refractivity contribution in [1.82, 2.24) is 0 Å². The number of nitrogens with two attached hydrogens (primary N) is 1. The normalized spacial score (nSPS) is 37.2. The number of carbonyl (C=O) groups is 1. The van der Waals surface area contributed by atoms with E-state index in [0.717, 1.165) is 19.3 Å². The van der Waals surface area contributed by atoms with Crippen molar-refractivity contribution in [2.24, 2.45) is 23.5 Å². The van der Waals surface area contributed by atoms with Crippen molar-refractivity contribution in [3.05, 3.63) is 0 Å². The van der Waals surface area contributed by atoms with E-state index in [1.165, 1.54) is 12.8 Å². The molecule has 19 heavy (non-hydrogen) atoms. The highest BCUT2D eigenvalue weighted by molar-refractivity contribution is 5.85. The van der Waals surface area contributed by atoms with Crippen molar-refractivity contribution < 1.29 is 9.53 Å². The molecular weight excluding hydrogens is 238 g/mol. The van der Waals surface area contributed by atoms with Gasteiger partial charge < -0.3 is 10.5 Å². The smallest absolute Gasteiger partial charge is 0.142 e. The maximum Gasteiger partial charge on any atom is 0.142 e. The zero-order chi connectivity index (χ0) is 14.3. The fourth-order valence-electron chi connectivity index (χ4n) is 4.13. The zero-order valence-corrected chi connectivity index (χ0v) is 12.9. The van der Waals surface area contributed by atoms with Gasteiger partial charge in [0.1, 0.15) is 5.78 Å². The quantitative estimate of drug-likeness (QED) is 0.855. The van der Waals surface area contributed by atoms with E-state index in [9.17, 15) is 4.79 Å². The standard InChI is InChI=1S/C16H29NO2/c1-15(2)9-13(16(3,4)19-15)14(18)12-8-6-5-7-11(12)10-17/h11-13H,5-10,17H2,1-4H3. The van der Waals surface area contributed by atoms with Crippen LogP contribution in [0.1, 0.15) is 59.8 Å². The van der Waals surface area contributed by atoms with E-state index in [2.05, 4.69) is 27.7 Å². The minimum atomic E-state index is -0.336. The molecule has 0 bridgehead atoms. The molecule has 3 atom stereocenters. The van der Waals surface area contributed by atoms with Crippen LogP contribution in [0.3, 0.4) is 0 Å². The van der Waals surface area contributed by atoms with Crippen LogP contribution in [0.15, 0.2) is 0 Å². The Morgan fingerprint density at radius 2 is 1.84 bits per heavy atom. The molecule has 2 N–H and O–H groups in total. The molecule has 3 nitrogen and oxygen atoms in total. The number of ether oxygens (including phenoxy) is 1. The average Bonchev–Trinajstić information content (AvgIpc) is 2.56. The molecule has 0 aromatic rings. The molecular formula is C16H29NO2. The highest BCUT2D eigenvalue weighted by Gasteiger charge is 2.51. The Morgan fingerprint density at radius 3 is 2.37 bits per heavy atom.